The molecule has 0 atom stereocenters. The molecule has 1 aromatic carbocycles. The minimum atomic E-state index is -0.0442. The van der Waals surface area contributed by atoms with Crippen LogP contribution in [0.5, 0.6) is 0 Å². The van der Waals surface area contributed by atoms with Gasteiger partial charge < -0.3 is 10.3 Å². The third-order valence-corrected chi connectivity index (χ3v) is 4.14. The van der Waals surface area contributed by atoms with E-state index in [9.17, 15) is 4.79 Å². The number of aryl methyl sites for hydroxylation is 2. The number of rotatable bonds is 4. The van der Waals surface area contributed by atoms with Crippen molar-refractivity contribution in [3.63, 3.8) is 0 Å². The first kappa shape index (κ1) is 14.6. The third-order valence-electron chi connectivity index (χ3n) is 3.27. The van der Waals surface area contributed by atoms with Crippen LogP contribution < -0.4 is 5.32 Å². The molecule has 0 aliphatic heterocycles. The molecule has 0 aliphatic carbocycles. The largest absolute Gasteiger partial charge is 0.332 e. The van der Waals surface area contributed by atoms with E-state index in [1.807, 2.05) is 38.1 Å². The number of H-pyrrole nitrogens is 1. The van der Waals surface area contributed by atoms with Gasteiger partial charge in [-0.15, -0.1) is 0 Å². The molecule has 3 rings (SSSR count). The van der Waals surface area contributed by atoms with Crippen LogP contribution in [0.15, 0.2) is 41.8 Å². The van der Waals surface area contributed by atoms with Crippen molar-refractivity contribution in [1.29, 1.82) is 0 Å². The summed E-state index contributed by atoms with van der Waals surface area (Å²) in [6, 6.07) is 7.85. The normalized spacial score (nSPS) is 10.8. The molecule has 0 fully saturated rings. The molecule has 0 radical (unpaired) electrons. The second-order valence-corrected chi connectivity index (χ2v) is 6.05. The van der Waals surface area contributed by atoms with Crippen molar-refractivity contribution in [3.05, 3.63) is 47.8 Å². The smallest absolute Gasteiger partial charge is 0.234 e. The fourth-order valence-electron chi connectivity index (χ4n) is 2.09. The molecule has 6 heteroatoms. The summed E-state index contributed by atoms with van der Waals surface area (Å²) in [4.78, 5) is 23.7. The molecule has 3 aromatic rings. The summed E-state index contributed by atoms with van der Waals surface area (Å²) in [5, 5.41) is 3.66. The molecule has 0 saturated carbocycles. The molecule has 22 heavy (non-hydrogen) atoms. The molecule has 2 heterocycles. The highest BCUT2D eigenvalue weighted by molar-refractivity contribution is 7.99. The van der Waals surface area contributed by atoms with E-state index < -0.39 is 0 Å². The highest BCUT2D eigenvalue weighted by atomic mass is 32.2. The summed E-state index contributed by atoms with van der Waals surface area (Å²) >= 11 is 1.38. The summed E-state index contributed by atoms with van der Waals surface area (Å²) < 4.78 is 0. The van der Waals surface area contributed by atoms with E-state index in [4.69, 9.17) is 0 Å². The average molecular weight is 312 g/mol. The van der Waals surface area contributed by atoms with Crippen LogP contribution >= 0.6 is 11.8 Å². The van der Waals surface area contributed by atoms with Gasteiger partial charge in [-0.25, -0.2) is 4.98 Å². The van der Waals surface area contributed by atoms with Gasteiger partial charge in [0.25, 0.3) is 0 Å². The number of pyridine rings is 1. The van der Waals surface area contributed by atoms with Crippen LogP contribution in [0.2, 0.25) is 0 Å². The maximum Gasteiger partial charge on any atom is 0.234 e. The van der Waals surface area contributed by atoms with Gasteiger partial charge in [0, 0.05) is 11.9 Å². The predicted molar refractivity (Wildman–Crippen MR) is 89.2 cm³/mol. The highest BCUT2D eigenvalue weighted by Gasteiger charge is 2.08. The number of carbonyl (C=O) groups excluding carboxylic acids is 1. The van der Waals surface area contributed by atoms with E-state index in [2.05, 4.69) is 20.3 Å². The number of carbonyl (C=O) groups is 1. The van der Waals surface area contributed by atoms with Crippen molar-refractivity contribution in [3.8, 4) is 0 Å². The zero-order valence-corrected chi connectivity index (χ0v) is 13.2. The maximum absolute atomic E-state index is 12.1. The number of aromatic amines is 1. The average Bonchev–Trinajstić information content (AvgIpc) is 2.92. The van der Waals surface area contributed by atoms with Crippen LogP contribution in [-0.4, -0.2) is 26.6 Å². The molecule has 2 N–H and O–H groups in total. The van der Waals surface area contributed by atoms with Crippen LogP contribution in [0.25, 0.3) is 11.0 Å². The second-order valence-electron chi connectivity index (χ2n) is 5.09. The molecule has 0 spiro atoms. The Labute approximate surface area is 132 Å². The molecule has 2 aromatic heterocycles. The van der Waals surface area contributed by atoms with E-state index in [1.54, 1.807) is 12.4 Å². The Hall–Kier alpha value is -2.34. The molecule has 112 valence electrons. The Morgan fingerprint density at radius 1 is 1.32 bits per heavy atom. The maximum atomic E-state index is 12.1. The first-order valence-corrected chi connectivity index (χ1v) is 7.90. The number of imidazole rings is 1. The molecular formula is C16H16N4OS. The SMILES string of the molecule is Cc1ccc(C)c(NC(=O)CSc2nc3ccncc3[nH]2)c1. The Balaban J connectivity index is 1.63. The lowest BCUT2D eigenvalue weighted by atomic mass is 10.1. The summed E-state index contributed by atoms with van der Waals surface area (Å²) in [5.41, 5.74) is 4.77. The highest BCUT2D eigenvalue weighted by Crippen LogP contribution is 2.20. The Morgan fingerprint density at radius 3 is 3.00 bits per heavy atom. The monoisotopic (exact) mass is 312 g/mol. The van der Waals surface area contributed by atoms with Crippen molar-refractivity contribution in [1.82, 2.24) is 15.0 Å². The number of thioether (sulfide) groups is 1. The third kappa shape index (κ3) is 3.28. The second kappa shape index (κ2) is 6.19. The van der Waals surface area contributed by atoms with E-state index in [1.165, 1.54) is 11.8 Å². The lowest BCUT2D eigenvalue weighted by Crippen LogP contribution is -2.15. The lowest BCUT2D eigenvalue weighted by Gasteiger charge is -2.08. The van der Waals surface area contributed by atoms with Gasteiger partial charge in [-0.2, -0.15) is 0 Å². The topological polar surface area (TPSA) is 70.7 Å². The number of benzene rings is 1. The van der Waals surface area contributed by atoms with Gasteiger partial charge in [0.1, 0.15) is 0 Å². The first-order valence-electron chi connectivity index (χ1n) is 6.91. The zero-order chi connectivity index (χ0) is 15.5. The van der Waals surface area contributed by atoms with Crippen LogP contribution in [0.1, 0.15) is 11.1 Å². The van der Waals surface area contributed by atoms with Gasteiger partial charge in [0.2, 0.25) is 5.91 Å². The lowest BCUT2D eigenvalue weighted by molar-refractivity contribution is -0.113. The van der Waals surface area contributed by atoms with Crippen LogP contribution in [0.3, 0.4) is 0 Å². The molecule has 0 bridgehead atoms. The number of aromatic nitrogens is 3. The molecule has 1 amide bonds. The number of anilines is 1. The number of nitrogens with one attached hydrogen (secondary N) is 2. The van der Waals surface area contributed by atoms with E-state index in [-0.39, 0.29) is 5.91 Å². The number of nitrogens with zero attached hydrogens (tertiary/aromatic N) is 2. The van der Waals surface area contributed by atoms with Crippen LogP contribution in [0.4, 0.5) is 5.69 Å². The number of amides is 1. The summed E-state index contributed by atoms with van der Waals surface area (Å²) in [7, 11) is 0. The molecule has 0 unspecified atom stereocenters. The number of hydrogen-bond donors (Lipinski definition) is 2. The van der Waals surface area contributed by atoms with Crippen molar-refractivity contribution in [2.75, 3.05) is 11.1 Å². The Kier molecular flexibility index (Phi) is 4.11. The van der Waals surface area contributed by atoms with Crippen molar-refractivity contribution in [2.45, 2.75) is 19.0 Å². The van der Waals surface area contributed by atoms with Gasteiger partial charge in [0.05, 0.1) is 23.0 Å². The Morgan fingerprint density at radius 2 is 2.18 bits per heavy atom. The minimum Gasteiger partial charge on any atom is -0.332 e. The number of fused-ring (bicyclic) bond motifs is 1. The zero-order valence-electron chi connectivity index (χ0n) is 12.4. The van der Waals surface area contributed by atoms with Gasteiger partial charge in [-0.05, 0) is 37.1 Å². The van der Waals surface area contributed by atoms with E-state index in [0.29, 0.717) is 5.75 Å². The van der Waals surface area contributed by atoms with Crippen LogP contribution in [-0.2, 0) is 4.79 Å². The van der Waals surface area contributed by atoms with Crippen LogP contribution in [0, 0.1) is 13.8 Å². The Bertz CT molecular complexity index is 795. The van der Waals surface area contributed by atoms with Crippen molar-refractivity contribution < 1.29 is 4.79 Å². The fourth-order valence-corrected chi connectivity index (χ4v) is 2.78. The van der Waals surface area contributed by atoms with Gasteiger partial charge in [-0.1, -0.05) is 23.9 Å². The summed E-state index contributed by atoms with van der Waals surface area (Å²) in [5.74, 6) is 0.262. The summed E-state index contributed by atoms with van der Waals surface area (Å²) in [6.45, 7) is 3.99. The number of hydrogen-bond acceptors (Lipinski definition) is 4. The van der Waals surface area contributed by atoms with Gasteiger partial charge in [0.15, 0.2) is 5.16 Å². The molecule has 0 aliphatic rings. The fraction of sp³-hybridized carbons (Fsp3) is 0.188. The molecule has 0 saturated heterocycles. The van der Waals surface area contributed by atoms with E-state index in [0.717, 1.165) is 33.0 Å². The first-order chi connectivity index (χ1) is 10.6. The minimum absolute atomic E-state index is 0.0442. The van der Waals surface area contributed by atoms with Gasteiger partial charge in [-0.3, -0.25) is 9.78 Å². The predicted octanol–water partition coefficient (Wildman–Crippen LogP) is 3.31. The standard InChI is InChI=1S/C16H16N4OS/c1-10-3-4-11(2)13(7-10)18-15(21)9-22-16-19-12-5-6-17-8-14(12)20-16/h3-8H,9H2,1-2H3,(H,18,21)(H,19,20). The van der Waals surface area contributed by atoms with Crippen molar-refractivity contribution in [2.24, 2.45) is 0 Å². The quantitative estimate of drug-likeness (QED) is 0.725. The molecular weight excluding hydrogens is 296 g/mol. The molecule has 5 nitrogen and oxygen atoms in total. The van der Waals surface area contributed by atoms with Gasteiger partial charge >= 0.3 is 0 Å². The van der Waals surface area contributed by atoms with E-state index >= 15 is 0 Å². The summed E-state index contributed by atoms with van der Waals surface area (Å²) in [6.07, 6.45) is 3.42. The van der Waals surface area contributed by atoms with Crippen molar-refractivity contribution >= 4 is 34.4 Å².